The van der Waals surface area contributed by atoms with Gasteiger partial charge in [0.15, 0.2) is 4.21 Å². The van der Waals surface area contributed by atoms with Crippen LogP contribution in [0.3, 0.4) is 0 Å². The molecule has 1 N–H and O–H groups in total. The molecule has 1 aromatic rings. The molecule has 1 aliphatic heterocycles. The maximum atomic E-state index is 12.4. The zero-order valence-electron chi connectivity index (χ0n) is 10.7. The number of aromatic nitrogens is 1. The van der Waals surface area contributed by atoms with Gasteiger partial charge in [-0.25, -0.2) is 13.4 Å². The molecule has 0 aromatic carbocycles. The Kier molecular flexibility index (Phi) is 4.37. The number of aryl methyl sites for hydroxylation is 1. The molecule has 0 saturated carbocycles. The van der Waals surface area contributed by atoms with Crippen LogP contribution < -0.4 is 5.32 Å². The van der Waals surface area contributed by atoms with Gasteiger partial charge in [0.25, 0.3) is 10.0 Å². The van der Waals surface area contributed by atoms with Crippen LogP contribution in [0.2, 0.25) is 0 Å². The Morgan fingerprint density at radius 2 is 2.39 bits per heavy atom. The van der Waals surface area contributed by atoms with Gasteiger partial charge in [-0.05, 0) is 39.3 Å². The molecule has 1 fully saturated rings. The van der Waals surface area contributed by atoms with Gasteiger partial charge >= 0.3 is 0 Å². The van der Waals surface area contributed by atoms with Crippen molar-refractivity contribution in [1.29, 1.82) is 0 Å². The zero-order chi connectivity index (χ0) is 13.2. The van der Waals surface area contributed by atoms with Gasteiger partial charge in [-0.2, -0.15) is 4.31 Å². The first-order valence-corrected chi connectivity index (χ1v) is 8.37. The Hall–Kier alpha value is -0.500. The van der Waals surface area contributed by atoms with Crippen LogP contribution in [0, 0.1) is 12.8 Å². The first kappa shape index (κ1) is 13.9. The molecule has 7 heteroatoms. The molecule has 2 heterocycles. The Morgan fingerprint density at radius 1 is 1.61 bits per heavy atom. The molecule has 1 atom stereocenters. The summed E-state index contributed by atoms with van der Waals surface area (Å²) in [5.74, 6) is 0.410. The number of hydrogen-bond acceptors (Lipinski definition) is 5. The Labute approximate surface area is 112 Å². The first-order chi connectivity index (χ1) is 8.54. The predicted molar refractivity (Wildman–Crippen MR) is 72.3 cm³/mol. The lowest BCUT2D eigenvalue weighted by molar-refractivity contribution is 0.264. The number of rotatable bonds is 4. The van der Waals surface area contributed by atoms with Crippen molar-refractivity contribution in [3.8, 4) is 0 Å². The summed E-state index contributed by atoms with van der Waals surface area (Å²) in [5, 5.41) is 3.91. The van der Waals surface area contributed by atoms with Crippen molar-refractivity contribution in [1.82, 2.24) is 14.6 Å². The van der Waals surface area contributed by atoms with Crippen LogP contribution in [0.15, 0.2) is 10.4 Å². The normalized spacial score (nSPS) is 22.2. The number of hydrogen-bond donors (Lipinski definition) is 1. The van der Waals surface area contributed by atoms with Gasteiger partial charge in [-0.15, -0.1) is 11.3 Å². The van der Waals surface area contributed by atoms with E-state index in [4.69, 9.17) is 0 Å². The average molecular weight is 289 g/mol. The van der Waals surface area contributed by atoms with Gasteiger partial charge in [0.2, 0.25) is 0 Å². The number of piperidine rings is 1. The van der Waals surface area contributed by atoms with E-state index in [1.54, 1.807) is 4.31 Å². The topological polar surface area (TPSA) is 62.3 Å². The minimum Gasteiger partial charge on any atom is -0.319 e. The van der Waals surface area contributed by atoms with Crippen LogP contribution in [0.25, 0.3) is 0 Å². The van der Waals surface area contributed by atoms with Crippen LogP contribution in [0.5, 0.6) is 0 Å². The molecule has 0 spiro atoms. The van der Waals surface area contributed by atoms with Gasteiger partial charge in [0.05, 0.1) is 11.2 Å². The van der Waals surface area contributed by atoms with E-state index in [1.807, 2.05) is 14.0 Å². The van der Waals surface area contributed by atoms with Crippen LogP contribution in [-0.4, -0.2) is 44.4 Å². The van der Waals surface area contributed by atoms with E-state index < -0.39 is 10.0 Å². The molecule has 0 aliphatic carbocycles. The third-order valence-corrected chi connectivity index (χ3v) is 6.38. The minimum absolute atomic E-state index is 0.366. The van der Waals surface area contributed by atoms with Gasteiger partial charge < -0.3 is 5.32 Å². The lowest BCUT2D eigenvalue weighted by Crippen LogP contribution is -2.42. The number of nitrogens with one attached hydrogen (secondary N) is 1. The molecule has 0 radical (unpaired) electrons. The SMILES string of the molecule is CNCC1CCCN(S(=O)(=O)c2cnc(C)s2)C1. The van der Waals surface area contributed by atoms with E-state index in [2.05, 4.69) is 10.3 Å². The summed E-state index contributed by atoms with van der Waals surface area (Å²) >= 11 is 1.25. The quantitative estimate of drug-likeness (QED) is 0.900. The number of sulfonamides is 1. The summed E-state index contributed by atoms with van der Waals surface area (Å²) in [6, 6.07) is 0. The third kappa shape index (κ3) is 2.90. The molecule has 5 nitrogen and oxygen atoms in total. The summed E-state index contributed by atoms with van der Waals surface area (Å²) in [6.07, 6.45) is 3.49. The van der Waals surface area contributed by atoms with Crippen molar-refractivity contribution in [3.63, 3.8) is 0 Å². The summed E-state index contributed by atoms with van der Waals surface area (Å²) < 4.78 is 26.8. The summed E-state index contributed by atoms with van der Waals surface area (Å²) in [5.41, 5.74) is 0. The summed E-state index contributed by atoms with van der Waals surface area (Å²) in [7, 11) is -1.43. The maximum absolute atomic E-state index is 12.4. The van der Waals surface area contributed by atoms with Crippen LogP contribution >= 0.6 is 11.3 Å². The van der Waals surface area contributed by atoms with Gasteiger partial charge in [0.1, 0.15) is 0 Å². The molecule has 2 rings (SSSR count). The third-order valence-electron chi connectivity index (χ3n) is 3.17. The van der Waals surface area contributed by atoms with Crippen molar-refractivity contribution < 1.29 is 8.42 Å². The second-order valence-electron chi connectivity index (χ2n) is 4.63. The Bertz CT molecular complexity index is 496. The van der Waals surface area contributed by atoms with Crippen LogP contribution in [0.4, 0.5) is 0 Å². The second-order valence-corrected chi connectivity index (χ2v) is 8.03. The largest absolute Gasteiger partial charge is 0.319 e. The van der Waals surface area contributed by atoms with Gasteiger partial charge in [-0.1, -0.05) is 0 Å². The fraction of sp³-hybridized carbons (Fsp3) is 0.727. The predicted octanol–water partition coefficient (Wildman–Crippen LogP) is 1.07. The molecule has 0 amide bonds. The van der Waals surface area contributed by atoms with E-state index in [-0.39, 0.29) is 0 Å². The summed E-state index contributed by atoms with van der Waals surface area (Å²) in [6.45, 7) is 3.93. The maximum Gasteiger partial charge on any atom is 0.254 e. The van der Waals surface area contributed by atoms with Gasteiger partial charge in [0, 0.05) is 13.1 Å². The van der Waals surface area contributed by atoms with Crippen molar-refractivity contribution in [3.05, 3.63) is 11.2 Å². The monoisotopic (exact) mass is 289 g/mol. The molecular formula is C11H19N3O2S2. The van der Waals surface area contributed by atoms with Crippen molar-refractivity contribution in [2.24, 2.45) is 5.92 Å². The number of nitrogens with zero attached hydrogens (tertiary/aromatic N) is 2. The highest BCUT2D eigenvalue weighted by molar-refractivity contribution is 7.91. The molecule has 1 aliphatic rings. The highest BCUT2D eigenvalue weighted by Crippen LogP contribution is 2.26. The fourth-order valence-corrected chi connectivity index (χ4v) is 5.11. The van der Waals surface area contributed by atoms with E-state index >= 15 is 0 Å². The zero-order valence-corrected chi connectivity index (χ0v) is 12.4. The van der Waals surface area contributed by atoms with Crippen LogP contribution in [0.1, 0.15) is 17.8 Å². The van der Waals surface area contributed by atoms with Gasteiger partial charge in [-0.3, -0.25) is 0 Å². The van der Waals surface area contributed by atoms with E-state index in [0.717, 1.165) is 24.4 Å². The highest BCUT2D eigenvalue weighted by atomic mass is 32.2. The summed E-state index contributed by atoms with van der Waals surface area (Å²) in [4.78, 5) is 4.03. The Morgan fingerprint density at radius 3 is 3.00 bits per heavy atom. The molecule has 1 unspecified atom stereocenters. The standard InChI is InChI=1S/C11H19N3O2S2/c1-9-13-7-11(17-9)18(15,16)14-5-3-4-10(8-14)6-12-2/h7,10,12H,3-6,8H2,1-2H3. The van der Waals surface area contributed by atoms with E-state index in [9.17, 15) is 8.42 Å². The average Bonchev–Trinajstić information content (AvgIpc) is 2.77. The highest BCUT2D eigenvalue weighted by Gasteiger charge is 2.31. The lowest BCUT2D eigenvalue weighted by atomic mass is 10.00. The van der Waals surface area contributed by atoms with E-state index in [1.165, 1.54) is 17.5 Å². The van der Waals surface area contributed by atoms with Crippen molar-refractivity contribution in [2.45, 2.75) is 24.0 Å². The smallest absolute Gasteiger partial charge is 0.254 e. The van der Waals surface area contributed by atoms with Crippen molar-refractivity contribution in [2.75, 3.05) is 26.7 Å². The molecule has 102 valence electrons. The molecule has 0 bridgehead atoms. The molecular weight excluding hydrogens is 270 g/mol. The number of thiazole rings is 1. The second kappa shape index (κ2) is 5.64. The molecule has 1 saturated heterocycles. The molecule has 1 aromatic heterocycles. The lowest BCUT2D eigenvalue weighted by Gasteiger charge is -2.31. The van der Waals surface area contributed by atoms with Crippen LogP contribution in [-0.2, 0) is 10.0 Å². The first-order valence-electron chi connectivity index (χ1n) is 6.11. The van der Waals surface area contributed by atoms with Crippen molar-refractivity contribution >= 4 is 21.4 Å². The Balaban J connectivity index is 2.15. The molecule has 18 heavy (non-hydrogen) atoms. The fourth-order valence-electron chi connectivity index (χ4n) is 2.29. The minimum atomic E-state index is -3.33. The van der Waals surface area contributed by atoms with E-state index in [0.29, 0.717) is 23.2 Å².